The SMILES string of the molecule is CCNCc1ccc(CN(C)C2CCC(C)(C)CC2)nc1. The van der Waals surface area contributed by atoms with Crippen molar-refractivity contribution < 1.29 is 0 Å². The van der Waals surface area contributed by atoms with E-state index in [-0.39, 0.29) is 0 Å². The van der Waals surface area contributed by atoms with Crippen LogP contribution in [0.3, 0.4) is 0 Å². The van der Waals surface area contributed by atoms with Gasteiger partial charge in [0.15, 0.2) is 0 Å². The summed E-state index contributed by atoms with van der Waals surface area (Å²) in [6, 6.07) is 5.10. The van der Waals surface area contributed by atoms with Crippen LogP contribution in [-0.2, 0) is 13.1 Å². The molecule has 1 aliphatic rings. The van der Waals surface area contributed by atoms with E-state index >= 15 is 0 Å². The van der Waals surface area contributed by atoms with E-state index in [2.05, 4.69) is 55.2 Å². The number of rotatable bonds is 6. The van der Waals surface area contributed by atoms with Crippen molar-refractivity contribution in [2.24, 2.45) is 5.41 Å². The van der Waals surface area contributed by atoms with Gasteiger partial charge in [0.25, 0.3) is 0 Å². The van der Waals surface area contributed by atoms with Crippen LogP contribution in [0.1, 0.15) is 57.7 Å². The summed E-state index contributed by atoms with van der Waals surface area (Å²) in [5.41, 5.74) is 2.99. The molecule has 1 aromatic heterocycles. The molecule has 0 amide bonds. The maximum absolute atomic E-state index is 4.61. The normalized spacial score (nSPS) is 19.1. The summed E-state index contributed by atoms with van der Waals surface area (Å²) in [4.78, 5) is 7.10. The molecule has 1 aromatic rings. The van der Waals surface area contributed by atoms with Gasteiger partial charge in [-0.05, 0) is 56.3 Å². The third-order valence-corrected chi connectivity index (χ3v) is 4.81. The summed E-state index contributed by atoms with van der Waals surface area (Å²) < 4.78 is 0. The second-order valence-corrected chi connectivity index (χ2v) is 7.25. The fourth-order valence-electron chi connectivity index (χ4n) is 3.13. The average Bonchev–Trinajstić information content (AvgIpc) is 2.46. The predicted octanol–water partition coefficient (Wildman–Crippen LogP) is 3.59. The first-order valence-corrected chi connectivity index (χ1v) is 8.35. The Bertz CT molecular complexity index is 415. The van der Waals surface area contributed by atoms with Crippen LogP contribution in [0.2, 0.25) is 0 Å². The van der Waals surface area contributed by atoms with Gasteiger partial charge in [0.1, 0.15) is 0 Å². The highest BCUT2D eigenvalue weighted by atomic mass is 15.1. The van der Waals surface area contributed by atoms with Crippen LogP contribution < -0.4 is 5.32 Å². The van der Waals surface area contributed by atoms with Crippen LogP contribution in [-0.4, -0.2) is 29.5 Å². The highest BCUT2D eigenvalue weighted by Crippen LogP contribution is 2.36. The summed E-state index contributed by atoms with van der Waals surface area (Å²) >= 11 is 0. The highest BCUT2D eigenvalue weighted by molar-refractivity contribution is 5.14. The lowest BCUT2D eigenvalue weighted by molar-refractivity contribution is 0.122. The van der Waals surface area contributed by atoms with Crippen molar-refractivity contribution in [1.82, 2.24) is 15.2 Å². The van der Waals surface area contributed by atoms with Gasteiger partial charge in [-0.1, -0.05) is 26.8 Å². The number of hydrogen-bond acceptors (Lipinski definition) is 3. The van der Waals surface area contributed by atoms with Gasteiger partial charge in [-0.15, -0.1) is 0 Å². The molecule has 0 aliphatic heterocycles. The topological polar surface area (TPSA) is 28.2 Å². The van der Waals surface area contributed by atoms with E-state index in [0.717, 1.165) is 25.7 Å². The molecule has 1 saturated carbocycles. The van der Waals surface area contributed by atoms with E-state index in [1.54, 1.807) is 0 Å². The molecule has 0 aromatic carbocycles. The zero-order chi connectivity index (χ0) is 15.3. The minimum absolute atomic E-state index is 0.545. The molecule has 1 N–H and O–H groups in total. The molecule has 0 saturated heterocycles. The largest absolute Gasteiger partial charge is 0.313 e. The van der Waals surface area contributed by atoms with Gasteiger partial charge in [-0.25, -0.2) is 0 Å². The number of hydrogen-bond donors (Lipinski definition) is 1. The first-order chi connectivity index (χ1) is 10.00. The second kappa shape index (κ2) is 7.37. The fraction of sp³-hybridized carbons (Fsp3) is 0.722. The van der Waals surface area contributed by atoms with Crippen LogP contribution in [0, 0.1) is 5.41 Å². The number of nitrogens with one attached hydrogen (secondary N) is 1. The summed E-state index contributed by atoms with van der Waals surface area (Å²) in [5.74, 6) is 0. The van der Waals surface area contributed by atoms with Crippen molar-refractivity contribution >= 4 is 0 Å². The van der Waals surface area contributed by atoms with Gasteiger partial charge in [0.2, 0.25) is 0 Å². The van der Waals surface area contributed by atoms with Crippen LogP contribution in [0.5, 0.6) is 0 Å². The molecule has 118 valence electrons. The Morgan fingerprint density at radius 2 is 2.00 bits per heavy atom. The number of nitrogens with zero attached hydrogens (tertiary/aromatic N) is 2. The smallest absolute Gasteiger partial charge is 0.0544 e. The Morgan fingerprint density at radius 1 is 1.29 bits per heavy atom. The van der Waals surface area contributed by atoms with Crippen LogP contribution >= 0.6 is 0 Å². The van der Waals surface area contributed by atoms with E-state index in [9.17, 15) is 0 Å². The van der Waals surface area contributed by atoms with Gasteiger partial charge < -0.3 is 5.32 Å². The molecule has 0 spiro atoms. The molecule has 3 nitrogen and oxygen atoms in total. The summed E-state index contributed by atoms with van der Waals surface area (Å²) in [6.07, 6.45) is 7.34. The maximum atomic E-state index is 4.61. The third-order valence-electron chi connectivity index (χ3n) is 4.81. The monoisotopic (exact) mass is 289 g/mol. The molecule has 1 aliphatic carbocycles. The number of pyridine rings is 1. The second-order valence-electron chi connectivity index (χ2n) is 7.25. The van der Waals surface area contributed by atoms with Gasteiger partial charge in [0, 0.05) is 25.3 Å². The Morgan fingerprint density at radius 3 is 2.57 bits per heavy atom. The summed E-state index contributed by atoms with van der Waals surface area (Å²) in [6.45, 7) is 9.80. The number of aromatic nitrogens is 1. The van der Waals surface area contributed by atoms with E-state index < -0.39 is 0 Å². The Labute approximate surface area is 130 Å². The first-order valence-electron chi connectivity index (χ1n) is 8.35. The maximum Gasteiger partial charge on any atom is 0.0544 e. The van der Waals surface area contributed by atoms with E-state index in [1.165, 1.54) is 36.9 Å². The Kier molecular flexibility index (Phi) is 5.77. The quantitative estimate of drug-likeness (QED) is 0.867. The molecule has 0 bridgehead atoms. The van der Waals surface area contributed by atoms with E-state index in [0.29, 0.717) is 5.41 Å². The van der Waals surface area contributed by atoms with Crippen LogP contribution in [0.4, 0.5) is 0 Å². The molecular formula is C18H31N3. The van der Waals surface area contributed by atoms with Gasteiger partial charge >= 0.3 is 0 Å². The highest BCUT2D eigenvalue weighted by Gasteiger charge is 2.28. The van der Waals surface area contributed by atoms with Crippen LogP contribution in [0.15, 0.2) is 18.3 Å². The standard InChI is InChI=1S/C18H31N3/c1-5-19-12-15-6-7-16(20-13-15)14-21(4)17-8-10-18(2,3)11-9-17/h6-7,13,17,19H,5,8-12,14H2,1-4H3. The van der Waals surface area contributed by atoms with Crippen molar-refractivity contribution in [2.45, 2.75) is 65.6 Å². The van der Waals surface area contributed by atoms with Crippen LogP contribution in [0.25, 0.3) is 0 Å². The zero-order valence-corrected chi connectivity index (χ0v) is 14.2. The molecular weight excluding hydrogens is 258 g/mol. The Balaban J connectivity index is 1.83. The molecule has 0 atom stereocenters. The zero-order valence-electron chi connectivity index (χ0n) is 14.2. The van der Waals surface area contributed by atoms with Crippen molar-refractivity contribution in [2.75, 3.05) is 13.6 Å². The van der Waals surface area contributed by atoms with E-state index in [4.69, 9.17) is 0 Å². The van der Waals surface area contributed by atoms with Crippen molar-refractivity contribution in [3.63, 3.8) is 0 Å². The third kappa shape index (κ3) is 5.08. The fourth-order valence-corrected chi connectivity index (χ4v) is 3.13. The minimum Gasteiger partial charge on any atom is -0.313 e. The predicted molar refractivity (Wildman–Crippen MR) is 89.1 cm³/mol. The molecule has 21 heavy (non-hydrogen) atoms. The van der Waals surface area contributed by atoms with Gasteiger partial charge in [0.05, 0.1) is 5.69 Å². The molecule has 3 heteroatoms. The lowest BCUT2D eigenvalue weighted by atomic mass is 9.75. The molecule has 1 heterocycles. The Hall–Kier alpha value is -0.930. The minimum atomic E-state index is 0.545. The molecule has 0 radical (unpaired) electrons. The van der Waals surface area contributed by atoms with Crippen molar-refractivity contribution in [1.29, 1.82) is 0 Å². The summed E-state index contributed by atoms with van der Waals surface area (Å²) in [5, 5.41) is 3.33. The first kappa shape index (κ1) is 16.4. The summed E-state index contributed by atoms with van der Waals surface area (Å²) in [7, 11) is 2.25. The van der Waals surface area contributed by atoms with Crippen molar-refractivity contribution in [3.05, 3.63) is 29.6 Å². The molecule has 2 rings (SSSR count). The molecule has 0 unspecified atom stereocenters. The average molecular weight is 289 g/mol. The lowest BCUT2D eigenvalue weighted by Gasteiger charge is -2.38. The van der Waals surface area contributed by atoms with Gasteiger partial charge in [-0.3, -0.25) is 9.88 Å². The van der Waals surface area contributed by atoms with Crippen molar-refractivity contribution in [3.8, 4) is 0 Å². The lowest BCUT2D eigenvalue weighted by Crippen LogP contribution is -2.36. The van der Waals surface area contributed by atoms with Gasteiger partial charge in [-0.2, -0.15) is 0 Å². The van der Waals surface area contributed by atoms with E-state index in [1.807, 2.05) is 6.20 Å². The molecule has 1 fully saturated rings.